The molecule has 0 N–H and O–H groups in total. The second-order valence-electron chi connectivity index (χ2n) is 6.71. The third-order valence-electron chi connectivity index (χ3n) is 4.87. The van der Waals surface area contributed by atoms with Crippen LogP contribution in [0, 0.1) is 0 Å². The third kappa shape index (κ3) is 4.39. The summed E-state index contributed by atoms with van der Waals surface area (Å²) in [5, 5.41) is 10.0. The zero-order chi connectivity index (χ0) is 17.6. The molecule has 0 radical (unpaired) electrons. The van der Waals surface area contributed by atoms with Gasteiger partial charge in [0.2, 0.25) is 5.95 Å². The van der Waals surface area contributed by atoms with Crippen LogP contribution in [0.4, 0.5) is 5.95 Å². The van der Waals surface area contributed by atoms with E-state index < -0.39 is 0 Å². The van der Waals surface area contributed by atoms with Gasteiger partial charge < -0.3 is 14.4 Å². The number of aromatic nitrogens is 3. The van der Waals surface area contributed by atoms with Crippen molar-refractivity contribution in [1.82, 2.24) is 14.8 Å². The summed E-state index contributed by atoms with van der Waals surface area (Å²) in [6, 6.07) is 10.6. The number of ether oxygens (including phenoxy) is 2. The highest BCUT2D eigenvalue weighted by atomic mass is 32.2. The molecule has 2 aromatic rings. The van der Waals surface area contributed by atoms with Crippen LogP contribution in [0.1, 0.15) is 18.4 Å². The largest absolute Gasteiger partial charge is 0.378 e. The molecule has 2 fully saturated rings. The first-order valence-electron chi connectivity index (χ1n) is 9.44. The number of thioether (sulfide) groups is 1. The normalized spacial score (nSPS) is 20.6. The predicted octanol–water partition coefficient (Wildman–Crippen LogP) is 2.63. The van der Waals surface area contributed by atoms with Crippen molar-refractivity contribution in [3.8, 4) is 0 Å². The number of aryl methyl sites for hydroxylation is 1. The van der Waals surface area contributed by atoms with Gasteiger partial charge in [-0.25, -0.2) is 0 Å². The SMILES string of the molecule is c1ccc(CCSc2nnc(N3CCOCC3)n2CC2CCCO2)cc1. The maximum Gasteiger partial charge on any atom is 0.228 e. The van der Waals surface area contributed by atoms with E-state index in [4.69, 9.17) is 9.47 Å². The molecule has 2 aliphatic heterocycles. The van der Waals surface area contributed by atoms with Gasteiger partial charge in [-0.3, -0.25) is 4.57 Å². The average molecular weight is 375 g/mol. The van der Waals surface area contributed by atoms with Gasteiger partial charge in [-0.2, -0.15) is 0 Å². The molecule has 4 rings (SSSR count). The van der Waals surface area contributed by atoms with Crippen molar-refractivity contribution in [2.75, 3.05) is 43.6 Å². The number of benzene rings is 1. The van der Waals surface area contributed by atoms with Crippen molar-refractivity contribution in [1.29, 1.82) is 0 Å². The monoisotopic (exact) mass is 374 g/mol. The third-order valence-corrected chi connectivity index (χ3v) is 5.83. The Bertz CT molecular complexity index is 682. The summed E-state index contributed by atoms with van der Waals surface area (Å²) in [6.07, 6.45) is 3.58. The van der Waals surface area contributed by atoms with E-state index in [9.17, 15) is 0 Å². The van der Waals surface area contributed by atoms with E-state index >= 15 is 0 Å². The molecule has 6 nitrogen and oxygen atoms in total. The molecular formula is C19H26N4O2S. The molecule has 140 valence electrons. The van der Waals surface area contributed by atoms with E-state index in [1.807, 2.05) is 0 Å². The lowest BCUT2D eigenvalue weighted by molar-refractivity contribution is 0.0942. The maximum absolute atomic E-state index is 5.87. The highest BCUT2D eigenvalue weighted by Crippen LogP contribution is 2.26. The Balaban J connectivity index is 1.46. The number of rotatable bonds is 7. The van der Waals surface area contributed by atoms with E-state index in [-0.39, 0.29) is 6.10 Å². The average Bonchev–Trinajstić information content (AvgIpc) is 3.34. The van der Waals surface area contributed by atoms with Crippen molar-refractivity contribution in [2.24, 2.45) is 0 Å². The molecule has 0 bridgehead atoms. The first-order valence-corrected chi connectivity index (χ1v) is 10.4. The summed E-state index contributed by atoms with van der Waals surface area (Å²) < 4.78 is 13.6. The highest BCUT2D eigenvalue weighted by molar-refractivity contribution is 7.99. The van der Waals surface area contributed by atoms with Gasteiger partial charge in [0.25, 0.3) is 0 Å². The summed E-state index contributed by atoms with van der Waals surface area (Å²) in [5.41, 5.74) is 1.36. The summed E-state index contributed by atoms with van der Waals surface area (Å²) in [5.74, 6) is 1.96. The Kier molecular flexibility index (Phi) is 6.09. The molecule has 7 heteroatoms. The lowest BCUT2D eigenvalue weighted by atomic mass is 10.2. The molecule has 0 spiro atoms. The van der Waals surface area contributed by atoms with Crippen molar-refractivity contribution in [3.05, 3.63) is 35.9 Å². The number of nitrogens with zero attached hydrogens (tertiary/aromatic N) is 4. The zero-order valence-electron chi connectivity index (χ0n) is 15.0. The number of hydrogen-bond donors (Lipinski definition) is 0. The highest BCUT2D eigenvalue weighted by Gasteiger charge is 2.24. The second-order valence-corrected chi connectivity index (χ2v) is 7.77. The van der Waals surface area contributed by atoms with Crippen LogP contribution in [0.2, 0.25) is 0 Å². The van der Waals surface area contributed by atoms with Gasteiger partial charge in [-0.15, -0.1) is 10.2 Å². The first-order chi connectivity index (χ1) is 12.9. The molecule has 0 saturated carbocycles. The fraction of sp³-hybridized carbons (Fsp3) is 0.579. The molecule has 0 amide bonds. The van der Waals surface area contributed by atoms with Crippen LogP contribution in [-0.2, 0) is 22.4 Å². The Morgan fingerprint density at radius 1 is 1.08 bits per heavy atom. The minimum absolute atomic E-state index is 0.277. The quantitative estimate of drug-likeness (QED) is 0.695. The van der Waals surface area contributed by atoms with E-state index in [1.54, 1.807) is 11.8 Å². The summed E-state index contributed by atoms with van der Waals surface area (Å²) in [6.45, 7) is 4.97. The minimum Gasteiger partial charge on any atom is -0.378 e. The molecule has 0 aliphatic carbocycles. The van der Waals surface area contributed by atoms with Gasteiger partial charge in [-0.1, -0.05) is 42.1 Å². The lowest BCUT2D eigenvalue weighted by Crippen LogP contribution is -2.38. The molecule has 1 aromatic heterocycles. The Hall–Kier alpha value is -1.57. The minimum atomic E-state index is 0.277. The molecule has 3 heterocycles. The molecule has 26 heavy (non-hydrogen) atoms. The van der Waals surface area contributed by atoms with Gasteiger partial charge in [0.15, 0.2) is 5.16 Å². The van der Waals surface area contributed by atoms with Crippen LogP contribution < -0.4 is 4.90 Å². The van der Waals surface area contributed by atoms with Gasteiger partial charge in [0.1, 0.15) is 0 Å². The number of hydrogen-bond acceptors (Lipinski definition) is 6. The fourth-order valence-electron chi connectivity index (χ4n) is 3.44. The van der Waals surface area contributed by atoms with Crippen LogP contribution in [0.25, 0.3) is 0 Å². The van der Waals surface area contributed by atoms with Crippen molar-refractivity contribution < 1.29 is 9.47 Å². The smallest absolute Gasteiger partial charge is 0.228 e. The summed E-state index contributed by atoms with van der Waals surface area (Å²) in [7, 11) is 0. The van der Waals surface area contributed by atoms with Crippen LogP contribution in [0.3, 0.4) is 0 Å². The molecule has 2 saturated heterocycles. The predicted molar refractivity (Wildman–Crippen MR) is 103 cm³/mol. The standard InChI is InChI=1S/C19H26N4O2S/c1-2-5-16(6-3-1)8-14-26-19-21-20-18(22-9-12-24-13-10-22)23(19)15-17-7-4-11-25-17/h1-3,5-6,17H,4,7-15H2. The molecular weight excluding hydrogens is 348 g/mol. The van der Waals surface area contributed by atoms with Crippen molar-refractivity contribution in [2.45, 2.75) is 37.1 Å². The molecule has 2 aliphatic rings. The van der Waals surface area contributed by atoms with Gasteiger partial charge in [0.05, 0.1) is 25.9 Å². The van der Waals surface area contributed by atoms with Gasteiger partial charge >= 0.3 is 0 Å². The summed E-state index contributed by atoms with van der Waals surface area (Å²) in [4.78, 5) is 2.28. The van der Waals surface area contributed by atoms with Crippen LogP contribution in [-0.4, -0.2) is 59.5 Å². The van der Waals surface area contributed by atoms with Crippen molar-refractivity contribution >= 4 is 17.7 Å². The molecule has 1 atom stereocenters. The van der Waals surface area contributed by atoms with Gasteiger partial charge in [0, 0.05) is 25.4 Å². The summed E-state index contributed by atoms with van der Waals surface area (Å²) >= 11 is 1.79. The maximum atomic E-state index is 5.87. The van der Waals surface area contributed by atoms with Crippen LogP contribution >= 0.6 is 11.8 Å². The molecule has 1 aromatic carbocycles. The van der Waals surface area contributed by atoms with E-state index in [1.165, 1.54) is 5.56 Å². The number of anilines is 1. The Morgan fingerprint density at radius 3 is 2.69 bits per heavy atom. The Morgan fingerprint density at radius 2 is 1.92 bits per heavy atom. The lowest BCUT2D eigenvalue weighted by Gasteiger charge is -2.28. The zero-order valence-corrected chi connectivity index (χ0v) is 15.9. The topological polar surface area (TPSA) is 52.4 Å². The second kappa shape index (κ2) is 8.88. The van der Waals surface area contributed by atoms with Gasteiger partial charge in [-0.05, 0) is 24.8 Å². The fourth-order valence-corrected chi connectivity index (χ4v) is 4.37. The van der Waals surface area contributed by atoms with Crippen LogP contribution in [0.5, 0.6) is 0 Å². The Labute approximate surface area is 158 Å². The number of morpholine rings is 1. The van der Waals surface area contributed by atoms with E-state index in [0.29, 0.717) is 0 Å². The van der Waals surface area contributed by atoms with Crippen molar-refractivity contribution in [3.63, 3.8) is 0 Å². The van der Waals surface area contributed by atoms with E-state index in [0.717, 1.165) is 75.6 Å². The molecule has 1 unspecified atom stereocenters. The van der Waals surface area contributed by atoms with Crippen LogP contribution in [0.15, 0.2) is 35.5 Å². The first kappa shape index (κ1) is 17.8. The van der Waals surface area contributed by atoms with E-state index in [2.05, 4.69) is 50.0 Å².